The van der Waals surface area contributed by atoms with E-state index < -0.39 is 0 Å². The summed E-state index contributed by atoms with van der Waals surface area (Å²) >= 11 is 0. The van der Waals surface area contributed by atoms with Crippen molar-refractivity contribution in [1.82, 2.24) is 4.98 Å². The first-order valence-corrected chi connectivity index (χ1v) is 5.71. The second kappa shape index (κ2) is 5.14. The number of benzene rings is 1. The molecule has 1 aromatic carbocycles. The van der Waals surface area contributed by atoms with E-state index in [1.807, 2.05) is 43.3 Å². The smallest absolute Gasteiger partial charge is 0.141 e. The molecule has 0 aliphatic heterocycles. The Hall–Kier alpha value is -1.94. The minimum atomic E-state index is -0.368. The fraction of sp³-hybridized carbons (Fsp3) is 0.214. The summed E-state index contributed by atoms with van der Waals surface area (Å²) in [7, 11) is 3.96. The average Bonchev–Trinajstić information content (AvgIpc) is 2.38. The van der Waals surface area contributed by atoms with Crippen LogP contribution in [0.4, 0.5) is 10.1 Å². The zero-order chi connectivity index (χ0) is 13.1. The third-order valence-corrected chi connectivity index (χ3v) is 2.85. The van der Waals surface area contributed by atoms with Crippen molar-refractivity contribution >= 4 is 5.69 Å². The molecule has 2 aromatic rings. The predicted octanol–water partition coefficient (Wildman–Crippen LogP) is 2.33. The van der Waals surface area contributed by atoms with Crippen LogP contribution in [0.3, 0.4) is 0 Å². The van der Waals surface area contributed by atoms with Crippen molar-refractivity contribution in [3.8, 4) is 0 Å². The molecule has 0 saturated carbocycles. The highest BCUT2D eigenvalue weighted by atomic mass is 19.1. The van der Waals surface area contributed by atoms with Crippen LogP contribution < -0.4 is 10.6 Å². The lowest BCUT2D eigenvalue weighted by Crippen LogP contribution is -2.13. The fourth-order valence-corrected chi connectivity index (χ4v) is 1.77. The summed E-state index contributed by atoms with van der Waals surface area (Å²) < 4.78 is 13.1. The summed E-state index contributed by atoms with van der Waals surface area (Å²) in [4.78, 5) is 5.83. The van der Waals surface area contributed by atoms with Gasteiger partial charge in [0.05, 0.1) is 12.2 Å². The third-order valence-electron chi connectivity index (χ3n) is 2.85. The summed E-state index contributed by atoms with van der Waals surface area (Å²) in [6.45, 7) is 0. The van der Waals surface area contributed by atoms with Gasteiger partial charge in [-0.1, -0.05) is 12.1 Å². The molecule has 0 aliphatic rings. The van der Waals surface area contributed by atoms with E-state index in [0.717, 1.165) is 11.3 Å². The van der Waals surface area contributed by atoms with E-state index in [1.165, 1.54) is 12.3 Å². The van der Waals surface area contributed by atoms with Gasteiger partial charge in [-0.15, -0.1) is 0 Å². The molecule has 0 saturated heterocycles. The molecule has 0 fully saturated rings. The first kappa shape index (κ1) is 12.5. The molecule has 0 aliphatic carbocycles. The molecule has 2 N–H and O–H groups in total. The number of anilines is 1. The molecule has 0 radical (unpaired) electrons. The number of hydrogen-bond acceptors (Lipinski definition) is 3. The second-order valence-electron chi connectivity index (χ2n) is 4.40. The van der Waals surface area contributed by atoms with Crippen LogP contribution in [0.1, 0.15) is 17.2 Å². The van der Waals surface area contributed by atoms with E-state index in [9.17, 15) is 4.39 Å². The van der Waals surface area contributed by atoms with Gasteiger partial charge in [-0.05, 0) is 29.3 Å². The van der Waals surface area contributed by atoms with Gasteiger partial charge in [0.2, 0.25) is 0 Å². The second-order valence-corrected chi connectivity index (χ2v) is 4.40. The summed E-state index contributed by atoms with van der Waals surface area (Å²) in [5.41, 5.74) is 8.80. The van der Waals surface area contributed by atoms with Gasteiger partial charge in [-0.25, -0.2) is 4.39 Å². The number of aromatic nitrogens is 1. The van der Waals surface area contributed by atoms with Crippen LogP contribution in [0.25, 0.3) is 0 Å². The number of rotatable bonds is 3. The Morgan fingerprint density at radius 3 is 2.33 bits per heavy atom. The zero-order valence-corrected chi connectivity index (χ0v) is 10.5. The Balaban J connectivity index is 2.26. The highest BCUT2D eigenvalue weighted by Crippen LogP contribution is 2.21. The van der Waals surface area contributed by atoms with Crippen LogP contribution in [-0.2, 0) is 0 Å². The van der Waals surface area contributed by atoms with E-state index >= 15 is 0 Å². The summed E-state index contributed by atoms with van der Waals surface area (Å²) in [5, 5.41) is 0. The van der Waals surface area contributed by atoms with Crippen LogP contribution in [0, 0.1) is 5.82 Å². The van der Waals surface area contributed by atoms with E-state index in [4.69, 9.17) is 5.73 Å². The molecule has 18 heavy (non-hydrogen) atoms. The van der Waals surface area contributed by atoms with Crippen molar-refractivity contribution in [2.75, 3.05) is 19.0 Å². The van der Waals surface area contributed by atoms with Gasteiger partial charge in [0.15, 0.2) is 0 Å². The van der Waals surface area contributed by atoms with Gasteiger partial charge in [0.25, 0.3) is 0 Å². The molecule has 0 spiro atoms. The maximum atomic E-state index is 13.1. The van der Waals surface area contributed by atoms with Gasteiger partial charge in [0, 0.05) is 26.0 Å². The molecular formula is C14H16FN3. The molecule has 2 rings (SSSR count). The number of pyridine rings is 1. The van der Waals surface area contributed by atoms with E-state index in [2.05, 4.69) is 4.98 Å². The SMILES string of the molecule is CN(C)c1ccc(C(N)c2cncc(F)c2)cc1. The third kappa shape index (κ3) is 2.65. The Morgan fingerprint density at radius 1 is 1.11 bits per heavy atom. The molecule has 1 unspecified atom stereocenters. The lowest BCUT2D eigenvalue weighted by Gasteiger charge is -2.16. The molecule has 1 aromatic heterocycles. The standard InChI is InChI=1S/C14H16FN3/c1-18(2)13-5-3-10(4-6-13)14(16)11-7-12(15)9-17-8-11/h3-9,14H,16H2,1-2H3. The molecule has 0 amide bonds. The van der Waals surface area contributed by atoms with Crippen LogP contribution in [0.2, 0.25) is 0 Å². The van der Waals surface area contributed by atoms with Gasteiger partial charge >= 0.3 is 0 Å². The summed E-state index contributed by atoms with van der Waals surface area (Å²) in [6, 6.07) is 8.93. The molecule has 3 nitrogen and oxygen atoms in total. The van der Waals surface area contributed by atoms with Crippen molar-refractivity contribution in [2.45, 2.75) is 6.04 Å². The molecule has 1 atom stereocenters. The molecule has 4 heteroatoms. The lowest BCUT2D eigenvalue weighted by atomic mass is 10.0. The highest BCUT2D eigenvalue weighted by Gasteiger charge is 2.10. The summed E-state index contributed by atoms with van der Waals surface area (Å²) in [6.07, 6.45) is 2.76. The number of nitrogens with two attached hydrogens (primary N) is 1. The number of nitrogens with zero attached hydrogens (tertiary/aromatic N) is 2. The predicted molar refractivity (Wildman–Crippen MR) is 71.0 cm³/mol. The Bertz CT molecular complexity index is 523. The highest BCUT2D eigenvalue weighted by molar-refractivity contribution is 5.47. The van der Waals surface area contributed by atoms with Crippen LogP contribution in [0.15, 0.2) is 42.7 Å². The first-order chi connectivity index (χ1) is 8.58. The van der Waals surface area contributed by atoms with Crippen molar-refractivity contribution in [2.24, 2.45) is 5.73 Å². The number of hydrogen-bond donors (Lipinski definition) is 1. The van der Waals surface area contributed by atoms with E-state index in [1.54, 1.807) is 6.20 Å². The van der Waals surface area contributed by atoms with Crippen molar-refractivity contribution in [1.29, 1.82) is 0 Å². The molecular weight excluding hydrogens is 229 g/mol. The largest absolute Gasteiger partial charge is 0.378 e. The minimum absolute atomic E-state index is 0.357. The topological polar surface area (TPSA) is 42.1 Å². The van der Waals surface area contributed by atoms with Crippen LogP contribution >= 0.6 is 0 Å². The monoisotopic (exact) mass is 245 g/mol. The fourth-order valence-electron chi connectivity index (χ4n) is 1.77. The van der Waals surface area contributed by atoms with Gasteiger partial charge < -0.3 is 10.6 Å². The molecule has 1 heterocycles. The Kier molecular flexibility index (Phi) is 3.58. The Labute approximate surface area is 106 Å². The van der Waals surface area contributed by atoms with Crippen molar-refractivity contribution < 1.29 is 4.39 Å². The van der Waals surface area contributed by atoms with Crippen LogP contribution in [0.5, 0.6) is 0 Å². The Morgan fingerprint density at radius 2 is 1.78 bits per heavy atom. The first-order valence-electron chi connectivity index (χ1n) is 5.71. The van der Waals surface area contributed by atoms with E-state index in [-0.39, 0.29) is 11.9 Å². The minimum Gasteiger partial charge on any atom is -0.378 e. The average molecular weight is 245 g/mol. The maximum absolute atomic E-state index is 13.1. The zero-order valence-electron chi connectivity index (χ0n) is 10.5. The number of halogens is 1. The molecule has 94 valence electrons. The van der Waals surface area contributed by atoms with Crippen molar-refractivity contribution in [3.63, 3.8) is 0 Å². The molecule has 0 bridgehead atoms. The maximum Gasteiger partial charge on any atom is 0.141 e. The van der Waals surface area contributed by atoms with E-state index in [0.29, 0.717) is 5.56 Å². The van der Waals surface area contributed by atoms with Gasteiger partial charge in [0.1, 0.15) is 5.82 Å². The lowest BCUT2D eigenvalue weighted by molar-refractivity contribution is 0.616. The normalized spacial score (nSPS) is 12.2. The van der Waals surface area contributed by atoms with Crippen LogP contribution in [-0.4, -0.2) is 19.1 Å². The quantitative estimate of drug-likeness (QED) is 0.902. The van der Waals surface area contributed by atoms with Gasteiger partial charge in [-0.2, -0.15) is 0 Å². The van der Waals surface area contributed by atoms with Crippen molar-refractivity contribution in [3.05, 3.63) is 59.7 Å². The van der Waals surface area contributed by atoms with Gasteiger partial charge in [-0.3, -0.25) is 4.98 Å². The summed E-state index contributed by atoms with van der Waals surface area (Å²) in [5.74, 6) is -0.368.